The van der Waals surface area contributed by atoms with Crippen molar-refractivity contribution in [1.29, 1.82) is 0 Å². The Kier molecular flexibility index (Phi) is 8.22. The summed E-state index contributed by atoms with van der Waals surface area (Å²) in [6.45, 7) is 6.88. The van der Waals surface area contributed by atoms with Crippen molar-refractivity contribution >= 4 is 29.9 Å². The minimum Gasteiger partial charge on any atom is -0.355 e. The predicted octanol–water partition coefficient (Wildman–Crippen LogP) is 3.15. The Labute approximate surface area is 137 Å². The highest BCUT2D eigenvalue weighted by molar-refractivity contribution is 6.31. The third kappa shape index (κ3) is 5.81. The minimum atomic E-state index is -0.361. The maximum Gasteiger partial charge on any atom is 0.224 e. The molecule has 1 aromatic rings. The largest absolute Gasteiger partial charge is 0.355 e. The first kappa shape index (κ1) is 20.2. The molecule has 0 radical (unpaired) electrons. The molecule has 0 aliphatic heterocycles. The number of carbonyl (C=O) groups excluding carboxylic acids is 1. The molecule has 0 aliphatic rings. The topological polar surface area (TPSA) is 41.1 Å². The average Bonchev–Trinajstić information content (AvgIpc) is 2.35. The number of rotatable bonds is 6. The molecule has 0 saturated heterocycles. The zero-order chi connectivity index (χ0) is 15.3. The maximum absolute atomic E-state index is 13.1. The first-order valence-electron chi connectivity index (χ1n) is 6.66. The molecule has 0 aromatic heterocycles. The molecule has 0 bridgehead atoms. The zero-order valence-corrected chi connectivity index (χ0v) is 14.4. The molecule has 1 amide bonds. The van der Waals surface area contributed by atoms with Crippen molar-refractivity contribution in [3.05, 3.63) is 34.6 Å². The summed E-state index contributed by atoms with van der Waals surface area (Å²) >= 11 is 6.08. The number of carbonyl (C=O) groups is 1. The molecule has 21 heavy (non-hydrogen) atoms. The van der Waals surface area contributed by atoms with Crippen LogP contribution < -0.4 is 10.6 Å². The maximum atomic E-state index is 13.1. The van der Waals surface area contributed by atoms with Crippen molar-refractivity contribution in [3.63, 3.8) is 0 Å². The fraction of sp³-hybridized carbons (Fsp3) is 0.533. The number of benzene rings is 1. The summed E-state index contributed by atoms with van der Waals surface area (Å²) in [4.78, 5) is 11.9. The van der Waals surface area contributed by atoms with Gasteiger partial charge in [-0.3, -0.25) is 4.79 Å². The highest BCUT2D eigenvalue weighted by Gasteiger charge is 2.25. The third-order valence-corrected chi connectivity index (χ3v) is 3.64. The lowest BCUT2D eigenvalue weighted by Crippen LogP contribution is -2.41. The fourth-order valence-electron chi connectivity index (χ4n) is 2.01. The molecule has 1 rings (SSSR count). The molecule has 1 atom stereocenters. The summed E-state index contributed by atoms with van der Waals surface area (Å²) in [5, 5.41) is 6.27. The van der Waals surface area contributed by atoms with Crippen LogP contribution in [0.3, 0.4) is 0 Å². The van der Waals surface area contributed by atoms with Gasteiger partial charge in [-0.25, -0.2) is 4.39 Å². The highest BCUT2D eigenvalue weighted by Crippen LogP contribution is 2.29. The first-order valence-corrected chi connectivity index (χ1v) is 7.03. The van der Waals surface area contributed by atoms with Crippen molar-refractivity contribution in [3.8, 4) is 0 Å². The normalized spacial score (nSPS) is 12.5. The molecule has 0 aliphatic carbocycles. The first-order chi connectivity index (χ1) is 9.27. The van der Waals surface area contributed by atoms with Crippen LogP contribution >= 0.6 is 24.0 Å². The molecule has 2 N–H and O–H groups in total. The van der Waals surface area contributed by atoms with E-state index in [4.69, 9.17) is 11.6 Å². The Bertz CT molecular complexity index is 481. The van der Waals surface area contributed by atoms with Crippen LogP contribution in [-0.2, 0) is 10.2 Å². The molecule has 0 spiro atoms. The van der Waals surface area contributed by atoms with Crippen LogP contribution in [0, 0.1) is 11.7 Å². The SMILES string of the molecule is CNCC(C)C(=O)NCC(C)(C)c1ccc(F)cc1Cl.Cl. The van der Waals surface area contributed by atoms with Gasteiger partial charge >= 0.3 is 0 Å². The van der Waals surface area contributed by atoms with Gasteiger partial charge in [0.15, 0.2) is 0 Å². The Morgan fingerprint density at radius 3 is 2.57 bits per heavy atom. The van der Waals surface area contributed by atoms with Gasteiger partial charge in [0.2, 0.25) is 5.91 Å². The third-order valence-electron chi connectivity index (χ3n) is 3.32. The lowest BCUT2D eigenvalue weighted by Gasteiger charge is -2.27. The van der Waals surface area contributed by atoms with Crippen LogP contribution in [0.15, 0.2) is 18.2 Å². The van der Waals surface area contributed by atoms with Gasteiger partial charge < -0.3 is 10.6 Å². The summed E-state index contributed by atoms with van der Waals surface area (Å²) in [5.41, 5.74) is 0.460. The monoisotopic (exact) mass is 336 g/mol. The van der Waals surface area contributed by atoms with E-state index in [1.807, 2.05) is 27.8 Å². The summed E-state index contributed by atoms with van der Waals surface area (Å²) < 4.78 is 13.1. The van der Waals surface area contributed by atoms with E-state index < -0.39 is 0 Å². The van der Waals surface area contributed by atoms with Gasteiger partial charge in [0.25, 0.3) is 0 Å². The summed E-state index contributed by atoms with van der Waals surface area (Å²) in [5.74, 6) is -0.466. The standard InChI is InChI=1S/C15H22ClFN2O.ClH/c1-10(8-18-4)14(20)19-9-15(2,3)12-6-5-11(17)7-13(12)16;/h5-7,10,18H,8-9H2,1-4H3,(H,19,20);1H. The van der Waals surface area contributed by atoms with Gasteiger partial charge in [0.1, 0.15) is 5.82 Å². The second-order valence-electron chi connectivity index (χ2n) is 5.68. The Balaban J connectivity index is 0.00000400. The summed E-state index contributed by atoms with van der Waals surface area (Å²) in [7, 11) is 1.81. The second-order valence-corrected chi connectivity index (χ2v) is 6.09. The average molecular weight is 337 g/mol. The quantitative estimate of drug-likeness (QED) is 0.837. The van der Waals surface area contributed by atoms with Gasteiger partial charge in [-0.2, -0.15) is 0 Å². The van der Waals surface area contributed by atoms with E-state index in [2.05, 4.69) is 10.6 Å². The minimum absolute atomic E-state index is 0. The fourth-order valence-corrected chi connectivity index (χ4v) is 2.44. The second kappa shape index (κ2) is 8.57. The molecule has 0 saturated carbocycles. The van der Waals surface area contributed by atoms with Gasteiger partial charge in [-0.1, -0.05) is 38.4 Å². The zero-order valence-electron chi connectivity index (χ0n) is 12.8. The van der Waals surface area contributed by atoms with Crippen LogP contribution in [0.25, 0.3) is 0 Å². The molecule has 0 heterocycles. The smallest absolute Gasteiger partial charge is 0.224 e. The molecule has 120 valence electrons. The van der Waals surface area contributed by atoms with Crippen molar-refractivity contribution in [2.75, 3.05) is 20.1 Å². The lowest BCUT2D eigenvalue weighted by atomic mass is 9.84. The van der Waals surface area contributed by atoms with Crippen molar-refractivity contribution in [2.45, 2.75) is 26.2 Å². The molecule has 6 heteroatoms. The van der Waals surface area contributed by atoms with Crippen LogP contribution in [0.5, 0.6) is 0 Å². The van der Waals surface area contributed by atoms with Crippen LogP contribution in [0.2, 0.25) is 5.02 Å². The van der Waals surface area contributed by atoms with Crippen LogP contribution in [0.4, 0.5) is 4.39 Å². The number of amides is 1. The molecular weight excluding hydrogens is 314 g/mol. The van der Waals surface area contributed by atoms with Crippen molar-refractivity contribution in [1.82, 2.24) is 10.6 Å². The van der Waals surface area contributed by atoms with E-state index in [1.54, 1.807) is 6.07 Å². The lowest BCUT2D eigenvalue weighted by molar-refractivity contribution is -0.124. The molecule has 0 fully saturated rings. The summed E-state index contributed by atoms with van der Waals surface area (Å²) in [6.07, 6.45) is 0. The van der Waals surface area contributed by atoms with Crippen molar-refractivity contribution in [2.24, 2.45) is 5.92 Å². The van der Waals surface area contributed by atoms with E-state index in [0.717, 1.165) is 5.56 Å². The van der Waals surface area contributed by atoms with Crippen LogP contribution in [-0.4, -0.2) is 26.0 Å². The highest BCUT2D eigenvalue weighted by atomic mass is 35.5. The van der Waals surface area contributed by atoms with Gasteiger partial charge in [0, 0.05) is 29.4 Å². The molecule has 3 nitrogen and oxygen atoms in total. The Hall–Kier alpha value is -0.840. The van der Waals surface area contributed by atoms with Gasteiger partial charge in [0.05, 0.1) is 0 Å². The van der Waals surface area contributed by atoms with E-state index in [-0.39, 0.29) is 35.5 Å². The van der Waals surface area contributed by atoms with E-state index in [0.29, 0.717) is 18.1 Å². The van der Waals surface area contributed by atoms with Crippen molar-refractivity contribution < 1.29 is 9.18 Å². The predicted molar refractivity (Wildman–Crippen MR) is 87.8 cm³/mol. The van der Waals surface area contributed by atoms with E-state index in [9.17, 15) is 9.18 Å². The van der Waals surface area contributed by atoms with Crippen LogP contribution in [0.1, 0.15) is 26.3 Å². The molecule has 1 unspecified atom stereocenters. The van der Waals surface area contributed by atoms with Gasteiger partial charge in [-0.05, 0) is 24.7 Å². The van der Waals surface area contributed by atoms with E-state index in [1.165, 1.54) is 12.1 Å². The number of halogens is 3. The number of hydrogen-bond acceptors (Lipinski definition) is 2. The number of hydrogen-bond donors (Lipinski definition) is 2. The number of nitrogens with one attached hydrogen (secondary N) is 2. The molecular formula is C15H23Cl2FN2O. The van der Waals surface area contributed by atoms with Gasteiger partial charge in [-0.15, -0.1) is 12.4 Å². The van der Waals surface area contributed by atoms with E-state index >= 15 is 0 Å². The Morgan fingerprint density at radius 2 is 2.05 bits per heavy atom. The molecule has 1 aromatic carbocycles. The Morgan fingerprint density at radius 1 is 1.43 bits per heavy atom. The summed E-state index contributed by atoms with van der Waals surface area (Å²) in [6, 6.07) is 4.35.